The van der Waals surface area contributed by atoms with E-state index < -0.39 is 0 Å². The zero-order valence-electron chi connectivity index (χ0n) is 11.3. The van der Waals surface area contributed by atoms with E-state index in [2.05, 4.69) is 30.4 Å². The molecule has 0 radical (unpaired) electrons. The van der Waals surface area contributed by atoms with Crippen LogP contribution in [0.2, 0.25) is 0 Å². The van der Waals surface area contributed by atoms with Gasteiger partial charge >= 0.3 is 0 Å². The lowest BCUT2D eigenvalue weighted by molar-refractivity contribution is 0.242. The first-order chi connectivity index (χ1) is 8.15. The van der Waals surface area contributed by atoms with Crippen molar-refractivity contribution in [2.24, 2.45) is 0 Å². The van der Waals surface area contributed by atoms with Crippen LogP contribution in [0.1, 0.15) is 32.8 Å². The molecule has 0 fully saturated rings. The van der Waals surface area contributed by atoms with E-state index in [0.717, 1.165) is 18.7 Å². The van der Waals surface area contributed by atoms with Crippen molar-refractivity contribution in [3.8, 4) is 5.75 Å². The third-order valence-corrected chi connectivity index (χ3v) is 2.46. The van der Waals surface area contributed by atoms with Gasteiger partial charge in [0, 0.05) is 6.54 Å². The molecule has 0 unspecified atom stereocenters. The van der Waals surface area contributed by atoms with Gasteiger partial charge in [-0.2, -0.15) is 0 Å². The Morgan fingerprint density at radius 1 is 1.41 bits per heavy atom. The van der Waals surface area contributed by atoms with E-state index in [-0.39, 0.29) is 6.10 Å². The van der Waals surface area contributed by atoms with Gasteiger partial charge in [-0.25, -0.2) is 0 Å². The van der Waals surface area contributed by atoms with Gasteiger partial charge < -0.3 is 10.1 Å². The molecule has 2 heteroatoms. The SMILES string of the molecule is CCC(=Cc1cccc(OC(C)C)c1)CNC. The summed E-state index contributed by atoms with van der Waals surface area (Å²) in [5.74, 6) is 0.939. The summed E-state index contributed by atoms with van der Waals surface area (Å²) < 4.78 is 5.69. The predicted octanol–water partition coefficient (Wildman–Crippen LogP) is 3.49. The monoisotopic (exact) mass is 233 g/mol. The minimum atomic E-state index is 0.220. The molecule has 17 heavy (non-hydrogen) atoms. The summed E-state index contributed by atoms with van der Waals surface area (Å²) in [5, 5.41) is 3.19. The van der Waals surface area contributed by atoms with Gasteiger partial charge in [0.2, 0.25) is 0 Å². The van der Waals surface area contributed by atoms with Gasteiger partial charge in [-0.3, -0.25) is 0 Å². The Morgan fingerprint density at radius 2 is 2.18 bits per heavy atom. The zero-order chi connectivity index (χ0) is 12.7. The maximum atomic E-state index is 5.69. The summed E-state index contributed by atoms with van der Waals surface area (Å²) in [4.78, 5) is 0. The normalized spacial score (nSPS) is 11.9. The molecule has 1 aromatic rings. The maximum Gasteiger partial charge on any atom is 0.120 e. The Kier molecular flexibility index (Phi) is 5.78. The fourth-order valence-electron chi connectivity index (χ4n) is 1.69. The summed E-state index contributed by atoms with van der Waals surface area (Å²) in [6, 6.07) is 8.24. The van der Waals surface area contributed by atoms with Crippen LogP contribution < -0.4 is 10.1 Å². The van der Waals surface area contributed by atoms with E-state index in [4.69, 9.17) is 4.74 Å². The number of rotatable bonds is 6. The third-order valence-electron chi connectivity index (χ3n) is 2.46. The van der Waals surface area contributed by atoms with Crippen LogP contribution in [-0.2, 0) is 0 Å². The van der Waals surface area contributed by atoms with Gasteiger partial charge in [0.25, 0.3) is 0 Å². The predicted molar refractivity (Wildman–Crippen MR) is 74.4 cm³/mol. The van der Waals surface area contributed by atoms with Crippen LogP contribution in [0.5, 0.6) is 5.75 Å². The van der Waals surface area contributed by atoms with Gasteiger partial charge in [-0.15, -0.1) is 0 Å². The lowest BCUT2D eigenvalue weighted by Gasteiger charge is -2.10. The minimum absolute atomic E-state index is 0.220. The molecule has 1 N–H and O–H groups in total. The van der Waals surface area contributed by atoms with E-state index in [9.17, 15) is 0 Å². The second-order valence-corrected chi connectivity index (χ2v) is 4.43. The van der Waals surface area contributed by atoms with Gasteiger partial charge in [0.05, 0.1) is 6.10 Å². The highest BCUT2D eigenvalue weighted by Gasteiger charge is 1.99. The molecule has 0 aliphatic heterocycles. The molecule has 0 heterocycles. The first-order valence-electron chi connectivity index (χ1n) is 6.26. The maximum absolute atomic E-state index is 5.69. The smallest absolute Gasteiger partial charge is 0.120 e. The summed E-state index contributed by atoms with van der Waals surface area (Å²) in [5.41, 5.74) is 2.60. The fourth-order valence-corrected chi connectivity index (χ4v) is 1.69. The molecule has 0 bridgehead atoms. The molecule has 94 valence electrons. The Hall–Kier alpha value is -1.28. The molecule has 0 saturated heterocycles. The number of hydrogen-bond acceptors (Lipinski definition) is 2. The van der Waals surface area contributed by atoms with Gasteiger partial charge in [0.15, 0.2) is 0 Å². The van der Waals surface area contributed by atoms with Gasteiger partial charge in [0.1, 0.15) is 5.75 Å². The first kappa shape index (κ1) is 13.8. The Bertz CT molecular complexity index is 369. The van der Waals surface area contributed by atoms with E-state index in [0.29, 0.717) is 0 Å². The molecule has 1 rings (SSSR count). The van der Waals surface area contributed by atoms with Crippen molar-refractivity contribution in [1.82, 2.24) is 5.32 Å². The van der Waals surface area contributed by atoms with Crippen molar-refractivity contribution in [3.63, 3.8) is 0 Å². The molecular weight excluding hydrogens is 210 g/mol. The Morgan fingerprint density at radius 3 is 2.76 bits per heavy atom. The summed E-state index contributed by atoms with van der Waals surface area (Å²) in [7, 11) is 1.97. The van der Waals surface area contributed by atoms with E-state index >= 15 is 0 Å². The largest absolute Gasteiger partial charge is 0.491 e. The van der Waals surface area contributed by atoms with Crippen molar-refractivity contribution < 1.29 is 4.74 Å². The molecule has 0 aliphatic rings. The topological polar surface area (TPSA) is 21.3 Å². The van der Waals surface area contributed by atoms with E-state index in [1.165, 1.54) is 11.1 Å². The zero-order valence-corrected chi connectivity index (χ0v) is 11.3. The van der Waals surface area contributed by atoms with E-state index in [1.807, 2.05) is 33.0 Å². The molecule has 0 atom stereocenters. The second kappa shape index (κ2) is 7.13. The molecule has 2 nitrogen and oxygen atoms in total. The van der Waals surface area contributed by atoms with Crippen LogP contribution >= 0.6 is 0 Å². The van der Waals surface area contributed by atoms with Crippen LogP contribution in [0.3, 0.4) is 0 Å². The molecule has 0 aliphatic carbocycles. The lowest BCUT2D eigenvalue weighted by atomic mass is 10.1. The summed E-state index contributed by atoms with van der Waals surface area (Å²) in [6.45, 7) is 7.20. The third kappa shape index (κ3) is 5.05. The average Bonchev–Trinajstić information content (AvgIpc) is 2.28. The molecular formula is C15H23NO. The van der Waals surface area contributed by atoms with Crippen LogP contribution in [0, 0.1) is 0 Å². The quantitative estimate of drug-likeness (QED) is 0.812. The van der Waals surface area contributed by atoms with Crippen LogP contribution in [0.4, 0.5) is 0 Å². The Labute approximate surface area is 105 Å². The van der Waals surface area contributed by atoms with Crippen LogP contribution in [0.25, 0.3) is 6.08 Å². The van der Waals surface area contributed by atoms with Gasteiger partial charge in [-0.05, 0) is 45.0 Å². The molecule has 0 aromatic heterocycles. The number of ether oxygens (including phenoxy) is 1. The van der Waals surface area contributed by atoms with Crippen molar-refractivity contribution >= 4 is 6.08 Å². The van der Waals surface area contributed by atoms with Crippen molar-refractivity contribution in [2.45, 2.75) is 33.3 Å². The standard InChI is InChI=1S/C15H23NO/c1-5-13(11-16-4)9-14-7-6-8-15(10-14)17-12(2)3/h6-10,12,16H,5,11H2,1-4H3. The van der Waals surface area contributed by atoms with Gasteiger partial charge in [-0.1, -0.05) is 30.7 Å². The molecule has 0 amide bonds. The van der Waals surface area contributed by atoms with Crippen LogP contribution in [-0.4, -0.2) is 19.7 Å². The highest BCUT2D eigenvalue weighted by Crippen LogP contribution is 2.17. The number of likely N-dealkylation sites (N-methyl/N-ethyl adjacent to an activating group) is 1. The molecule has 0 spiro atoms. The van der Waals surface area contributed by atoms with Crippen molar-refractivity contribution in [3.05, 3.63) is 35.4 Å². The highest BCUT2D eigenvalue weighted by molar-refractivity contribution is 5.55. The molecule has 1 aromatic carbocycles. The number of hydrogen-bond donors (Lipinski definition) is 1. The average molecular weight is 233 g/mol. The fraction of sp³-hybridized carbons (Fsp3) is 0.467. The van der Waals surface area contributed by atoms with Crippen molar-refractivity contribution in [1.29, 1.82) is 0 Å². The lowest BCUT2D eigenvalue weighted by Crippen LogP contribution is -2.09. The van der Waals surface area contributed by atoms with Crippen molar-refractivity contribution in [2.75, 3.05) is 13.6 Å². The Balaban J connectivity index is 2.83. The van der Waals surface area contributed by atoms with E-state index in [1.54, 1.807) is 0 Å². The second-order valence-electron chi connectivity index (χ2n) is 4.43. The summed E-state index contributed by atoms with van der Waals surface area (Å²) >= 11 is 0. The van der Waals surface area contributed by atoms with Crippen LogP contribution in [0.15, 0.2) is 29.8 Å². The highest BCUT2D eigenvalue weighted by atomic mass is 16.5. The summed E-state index contributed by atoms with van der Waals surface area (Å²) in [6.07, 6.45) is 3.51. The number of nitrogens with one attached hydrogen (secondary N) is 1. The molecule has 0 saturated carbocycles. The minimum Gasteiger partial charge on any atom is -0.491 e. The first-order valence-corrected chi connectivity index (χ1v) is 6.26. The number of benzene rings is 1.